The van der Waals surface area contributed by atoms with Gasteiger partial charge in [-0.2, -0.15) is 0 Å². The SMILES string of the molecule is O=C(NCc1nnc2n1CCN(Cc1cc3ccccc3[nH]1)CC2)[C@@H]1CCOC1. The quantitative estimate of drug-likeness (QED) is 0.684. The van der Waals surface area contributed by atoms with E-state index in [1.807, 2.05) is 0 Å². The predicted molar refractivity (Wildman–Crippen MR) is 108 cm³/mol. The number of aromatic nitrogens is 4. The van der Waals surface area contributed by atoms with E-state index in [1.165, 1.54) is 16.6 Å². The highest BCUT2D eigenvalue weighted by atomic mass is 16.5. The van der Waals surface area contributed by atoms with Gasteiger partial charge < -0.3 is 19.6 Å². The molecule has 1 atom stereocenters. The summed E-state index contributed by atoms with van der Waals surface area (Å²) in [5, 5.41) is 12.9. The Balaban J connectivity index is 1.20. The van der Waals surface area contributed by atoms with Crippen molar-refractivity contribution in [1.29, 1.82) is 0 Å². The lowest BCUT2D eigenvalue weighted by Gasteiger charge is -2.18. The van der Waals surface area contributed by atoms with E-state index in [4.69, 9.17) is 4.74 Å². The molecule has 5 rings (SSSR count). The predicted octanol–water partition coefficient (Wildman–Crippen LogP) is 1.47. The van der Waals surface area contributed by atoms with Gasteiger partial charge in [0, 0.05) is 50.4 Å². The number of H-pyrrole nitrogens is 1. The van der Waals surface area contributed by atoms with E-state index in [1.54, 1.807) is 0 Å². The molecule has 1 fully saturated rings. The number of ether oxygens (including phenoxy) is 1. The lowest BCUT2D eigenvalue weighted by atomic mass is 10.1. The largest absolute Gasteiger partial charge is 0.381 e. The maximum Gasteiger partial charge on any atom is 0.225 e. The van der Waals surface area contributed by atoms with Gasteiger partial charge in [0.1, 0.15) is 5.82 Å². The van der Waals surface area contributed by atoms with E-state index in [9.17, 15) is 4.79 Å². The summed E-state index contributed by atoms with van der Waals surface area (Å²) >= 11 is 0. The number of para-hydroxylation sites is 1. The lowest BCUT2D eigenvalue weighted by Crippen LogP contribution is -2.32. The molecule has 1 amide bonds. The minimum absolute atomic E-state index is 0.0340. The molecule has 2 aromatic heterocycles. The van der Waals surface area contributed by atoms with E-state index in [0.29, 0.717) is 19.8 Å². The fourth-order valence-electron chi connectivity index (χ4n) is 4.23. The Morgan fingerprint density at radius 3 is 3.03 bits per heavy atom. The Morgan fingerprint density at radius 1 is 1.24 bits per heavy atom. The minimum Gasteiger partial charge on any atom is -0.381 e. The molecule has 29 heavy (non-hydrogen) atoms. The van der Waals surface area contributed by atoms with Crippen molar-refractivity contribution < 1.29 is 9.53 Å². The van der Waals surface area contributed by atoms with Gasteiger partial charge in [0.15, 0.2) is 5.82 Å². The van der Waals surface area contributed by atoms with Crippen LogP contribution < -0.4 is 5.32 Å². The van der Waals surface area contributed by atoms with Crippen molar-refractivity contribution >= 4 is 16.8 Å². The molecule has 2 aliphatic rings. The molecule has 8 nitrogen and oxygen atoms in total. The zero-order chi connectivity index (χ0) is 19.6. The topological polar surface area (TPSA) is 88.1 Å². The molecular weight excluding hydrogens is 368 g/mol. The van der Waals surface area contributed by atoms with Gasteiger partial charge in [-0.25, -0.2) is 0 Å². The number of rotatable bonds is 5. The number of nitrogens with zero attached hydrogens (tertiary/aromatic N) is 4. The molecule has 0 saturated carbocycles. The van der Waals surface area contributed by atoms with Crippen LogP contribution in [0.15, 0.2) is 30.3 Å². The number of benzene rings is 1. The second-order valence-electron chi connectivity index (χ2n) is 7.87. The highest BCUT2D eigenvalue weighted by Gasteiger charge is 2.24. The van der Waals surface area contributed by atoms with Gasteiger partial charge in [0.25, 0.3) is 0 Å². The average Bonchev–Trinajstić information content (AvgIpc) is 3.45. The smallest absolute Gasteiger partial charge is 0.225 e. The Morgan fingerprint density at radius 2 is 2.17 bits per heavy atom. The second-order valence-corrected chi connectivity index (χ2v) is 7.87. The lowest BCUT2D eigenvalue weighted by molar-refractivity contribution is -0.125. The van der Waals surface area contributed by atoms with Crippen molar-refractivity contribution in [1.82, 2.24) is 30.0 Å². The minimum atomic E-state index is -0.0340. The van der Waals surface area contributed by atoms with E-state index >= 15 is 0 Å². The Kier molecular flexibility index (Phi) is 5.03. The molecule has 8 heteroatoms. The van der Waals surface area contributed by atoms with Crippen LogP contribution in [0.5, 0.6) is 0 Å². The van der Waals surface area contributed by atoms with Crippen molar-refractivity contribution in [2.45, 2.75) is 32.5 Å². The van der Waals surface area contributed by atoms with Crippen LogP contribution in [0.2, 0.25) is 0 Å². The molecule has 1 aromatic carbocycles. The molecule has 2 aliphatic heterocycles. The first-order valence-electron chi connectivity index (χ1n) is 10.3. The summed E-state index contributed by atoms with van der Waals surface area (Å²) in [5.74, 6) is 1.85. The molecule has 0 radical (unpaired) electrons. The molecule has 0 spiro atoms. The number of carbonyl (C=O) groups is 1. The number of amides is 1. The molecule has 1 saturated heterocycles. The van der Waals surface area contributed by atoms with Gasteiger partial charge in [-0.15, -0.1) is 10.2 Å². The Labute approximate surface area is 169 Å². The fourth-order valence-corrected chi connectivity index (χ4v) is 4.23. The number of carbonyl (C=O) groups excluding carboxylic acids is 1. The summed E-state index contributed by atoms with van der Waals surface area (Å²) in [4.78, 5) is 18.2. The van der Waals surface area contributed by atoms with Gasteiger partial charge in [-0.1, -0.05) is 18.2 Å². The van der Waals surface area contributed by atoms with Crippen molar-refractivity contribution in [2.75, 3.05) is 26.3 Å². The highest BCUT2D eigenvalue weighted by molar-refractivity contribution is 5.80. The maximum absolute atomic E-state index is 12.2. The van der Waals surface area contributed by atoms with E-state index in [0.717, 1.165) is 50.7 Å². The first-order chi connectivity index (χ1) is 14.3. The Bertz CT molecular complexity index is 971. The first-order valence-corrected chi connectivity index (χ1v) is 10.3. The normalized spacial score (nSPS) is 19.9. The summed E-state index contributed by atoms with van der Waals surface area (Å²) in [7, 11) is 0. The van der Waals surface area contributed by atoms with Gasteiger partial charge in [-0.3, -0.25) is 9.69 Å². The standard InChI is InChI=1S/C21H26N6O2/c28-21(16-6-10-29-14-16)22-12-20-25-24-19-5-7-26(8-9-27(19)20)13-17-11-15-3-1-2-4-18(15)23-17/h1-4,11,16,23H,5-10,12-14H2,(H,22,28)/t16-/m1/s1. The summed E-state index contributed by atoms with van der Waals surface area (Å²) < 4.78 is 7.46. The summed E-state index contributed by atoms with van der Waals surface area (Å²) in [5.41, 5.74) is 2.41. The van der Waals surface area contributed by atoms with Gasteiger partial charge in [0.2, 0.25) is 5.91 Å². The van der Waals surface area contributed by atoms with Crippen LogP contribution in [0.4, 0.5) is 0 Å². The van der Waals surface area contributed by atoms with E-state index < -0.39 is 0 Å². The van der Waals surface area contributed by atoms with Crippen LogP contribution in [0.25, 0.3) is 10.9 Å². The van der Waals surface area contributed by atoms with Gasteiger partial charge in [-0.05, 0) is 23.9 Å². The van der Waals surface area contributed by atoms with Crippen LogP contribution in [0.3, 0.4) is 0 Å². The van der Waals surface area contributed by atoms with Gasteiger partial charge >= 0.3 is 0 Å². The Hall–Kier alpha value is -2.71. The molecule has 2 N–H and O–H groups in total. The van der Waals surface area contributed by atoms with Crippen molar-refractivity contribution in [3.05, 3.63) is 47.7 Å². The molecule has 152 valence electrons. The van der Waals surface area contributed by atoms with E-state index in [-0.39, 0.29) is 11.8 Å². The molecular formula is C21H26N6O2. The highest BCUT2D eigenvalue weighted by Crippen LogP contribution is 2.18. The van der Waals surface area contributed by atoms with Crippen molar-refractivity contribution in [3.8, 4) is 0 Å². The maximum atomic E-state index is 12.2. The average molecular weight is 394 g/mol. The summed E-state index contributed by atoms with van der Waals surface area (Å²) in [6.07, 6.45) is 1.66. The third kappa shape index (κ3) is 3.90. The molecule has 0 aliphatic carbocycles. The third-order valence-electron chi connectivity index (χ3n) is 5.90. The van der Waals surface area contributed by atoms with Crippen molar-refractivity contribution in [3.63, 3.8) is 0 Å². The van der Waals surface area contributed by atoms with Crippen LogP contribution in [-0.4, -0.2) is 56.9 Å². The van der Waals surface area contributed by atoms with Crippen LogP contribution in [0.1, 0.15) is 23.8 Å². The van der Waals surface area contributed by atoms with Crippen LogP contribution in [-0.2, 0) is 35.6 Å². The number of fused-ring (bicyclic) bond motifs is 2. The second kappa shape index (κ2) is 7.96. The fraction of sp³-hybridized carbons (Fsp3) is 0.476. The monoisotopic (exact) mass is 394 g/mol. The molecule has 3 aromatic rings. The molecule has 4 heterocycles. The molecule has 0 bridgehead atoms. The van der Waals surface area contributed by atoms with E-state index in [2.05, 4.69) is 60.3 Å². The molecule has 0 unspecified atom stereocenters. The third-order valence-corrected chi connectivity index (χ3v) is 5.90. The summed E-state index contributed by atoms with van der Waals surface area (Å²) in [6.45, 7) is 5.21. The van der Waals surface area contributed by atoms with Crippen molar-refractivity contribution in [2.24, 2.45) is 5.92 Å². The zero-order valence-electron chi connectivity index (χ0n) is 16.4. The number of nitrogens with one attached hydrogen (secondary N) is 2. The zero-order valence-corrected chi connectivity index (χ0v) is 16.4. The number of hydrogen-bond donors (Lipinski definition) is 2. The van der Waals surface area contributed by atoms with Gasteiger partial charge in [0.05, 0.1) is 19.1 Å². The summed E-state index contributed by atoms with van der Waals surface area (Å²) in [6, 6.07) is 10.6. The van der Waals surface area contributed by atoms with Crippen LogP contribution >= 0.6 is 0 Å². The number of aromatic amines is 1. The first kappa shape index (κ1) is 18.3. The van der Waals surface area contributed by atoms with Crippen LogP contribution in [0, 0.1) is 5.92 Å². The number of hydrogen-bond acceptors (Lipinski definition) is 5.